The van der Waals surface area contributed by atoms with Gasteiger partial charge in [0.2, 0.25) is 5.91 Å². The molecule has 1 aliphatic carbocycles. The molecule has 1 amide bonds. The Kier molecular flexibility index (Phi) is 5.62. The lowest BCUT2D eigenvalue weighted by molar-refractivity contribution is -0.119. The summed E-state index contributed by atoms with van der Waals surface area (Å²) in [6.07, 6.45) is 2.29. The maximum Gasteiger partial charge on any atom is 0.217 e. The predicted molar refractivity (Wildman–Crippen MR) is 115 cm³/mol. The number of carbonyl (C=O) groups is 2. The van der Waals surface area contributed by atoms with Gasteiger partial charge in [0.1, 0.15) is 10.9 Å². The molecule has 6 heteroatoms. The standard InChI is InChI=1S/C23H23N3O2S/c1-14(24-15(2)27)16-7-9-17(10-8-16)21(28)13-29-23-19-5-3-4-6-20(19)25-22(26-23)18-11-12-18/h3-10,14,18H,11-13H2,1-2H3,(H,24,27). The third kappa shape index (κ3) is 4.65. The van der Waals surface area contributed by atoms with E-state index < -0.39 is 0 Å². The number of carbonyl (C=O) groups excluding carboxylic acids is 2. The Bertz CT molecular complexity index is 1060. The quantitative estimate of drug-likeness (QED) is 0.351. The summed E-state index contributed by atoms with van der Waals surface area (Å²) < 4.78 is 0. The molecule has 1 aromatic heterocycles. The molecule has 2 aromatic carbocycles. The summed E-state index contributed by atoms with van der Waals surface area (Å²) >= 11 is 1.47. The van der Waals surface area contributed by atoms with Crippen molar-refractivity contribution in [3.63, 3.8) is 0 Å². The Morgan fingerprint density at radius 1 is 1.10 bits per heavy atom. The molecule has 4 rings (SSSR count). The van der Waals surface area contributed by atoms with E-state index in [2.05, 4.69) is 5.32 Å². The van der Waals surface area contributed by atoms with Crippen LogP contribution in [-0.4, -0.2) is 27.4 Å². The van der Waals surface area contributed by atoms with Crippen LogP contribution in [-0.2, 0) is 4.79 Å². The van der Waals surface area contributed by atoms with Crippen LogP contribution >= 0.6 is 11.8 Å². The summed E-state index contributed by atoms with van der Waals surface area (Å²) in [6, 6.07) is 15.3. The summed E-state index contributed by atoms with van der Waals surface area (Å²) in [5.41, 5.74) is 2.58. The molecule has 1 fully saturated rings. The van der Waals surface area contributed by atoms with Crippen LogP contribution in [0.3, 0.4) is 0 Å². The number of benzene rings is 2. The van der Waals surface area contributed by atoms with Crippen molar-refractivity contribution in [1.82, 2.24) is 15.3 Å². The van der Waals surface area contributed by atoms with Crippen LogP contribution in [0.25, 0.3) is 10.9 Å². The van der Waals surface area contributed by atoms with Gasteiger partial charge in [-0.25, -0.2) is 9.97 Å². The number of nitrogens with zero attached hydrogens (tertiary/aromatic N) is 2. The number of thioether (sulfide) groups is 1. The normalized spacial score (nSPS) is 14.6. The second-order valence-corrected chi connectivity index (χ2v) is 8.40. The molecule has 0 saturated heterocycles. The maximum absolute atomic E-state index is 12.7. The van der Waals surface area contributed by atoms with Gasteiger partial charge in [0, 0.05) is 23.8 Å². The number of amides is 1. The topological polar surface area (TPSA) is 72.0 Å². The Morgan fingerprint density at radius 2 is 1.83 bits per heavy atom. The number of aromatic nitrogens is 2. The van der Waals surface area contributed by atoms with E-state index in [0.29, 0.717) is 17.2 Å². The van der Waals surface area contributed by atoms with Crippen LogP contribution < -0.4 is 5.32 Å². The van der Waals surface area contributed by atoms with E-state index in [4.69, 9.17) is 9.97 Å². The minimum absolute atomic E-state index is 0.0596. The average Bonchev–Trinajstić information content (AvgIpc) is 3.56. The van der Waals surface area contributed by atoms with Crippen molar-refractivity contribution >= 4 is 34.4 Å². The molecule has 0 bridgehead atoms. The molecule has 0 radical (unpaired) electrons. The van der Waals surface area contributed by atoms with Crippen LogP contribution in [0.1, 0.15) is 60.4 Å². The highest BCUT2D eigenvalue weighted by molar-refractivity contribution is 8.00. The molecule has 5 nitrogen and oxygen atoms in total. The molecular weight excluding hydrogens is 382 g/mol. The summed E-state index contributed by atoms with van der Waals surface area (Å²) in [6.45, 7) is 3.42. The van der Waals surface area contributed by atoms with Gasteiger partial charge >= 0.3 is 0 Å². The van der Waals surface area contributed by atoms with E-state index in [9.17, 15) is 9.59 Å². The Hall–Kier alpha value is -2.73. The zero-order valence-electron chi connectivity index (χ0n) is 16.5. The molecule has 0 aliphatic heterocycles. The van der Waals surface area contributed by atoms with E-state index in [1.807, 2.05) is 55.5 Å². The highest BCUT2D eigenvalue weighted by atomic mass is 32.2. The van der Waals surface area contributed by atoms with Gasteiger partial charge in [-0.15, -0.1) is 0 Å². The maximum atomic E-state index is 12.7. The second kappa shape index (κ2) is 8.33. The van der Waals surface area contributed by atoms with Crippen LogP contribution in [0.4, 0.5) is 0 Å². The Balaban J connectivity index is 1.48. The largest absolute Gasteiger partial charge is 0.350 e. The van der Waals surface area contributed by atoms with Gasteiger partial charge < -0.3 is 5.32 Å². The lowest BCUT2D eigenvalue weighted by atomic mass is 10.0. The van der Waals surface area contributed by atoms with Crippen LogP contribution in [0.2, 0.25) is 0 Å². The first-order chi connectivity index (χ1) is 14.0. The molecule has 0 spiro atoms. The predicted octanol–water partition coefficient (Wildman–Crippen LogP) is 4.68. The van der Waals surface area contributed by atoms with E-state index >= 15 is 0 Å². The van der Waals surface area contributed by atoms with Crippen molar-refractivity contribution in [2.75, 3.05) is 5.75 Å². The molecule has 1 saturated carbocycles. The smallest absolute Gasteiger partial charge is 0.217 e. The second-order valence-electron chi connectivity index (χ2n) is 7.43. The summed E-state index contributed by atoms with van der Waals surface area (Å²) in [5.74, 6) is 1.68. The molecule has 1 aliphatic rings. The van der Waals surface area contributed by atoms with Crippen molar-refractivity contribution < 1.29 is 9.59 Å². The highest BCUT2D eigenvalue weighted by Gasteiger charge is 2.27. The first-order valence-corrected chi connectivity index (χ1v) is 10.8. The number of hydrogen-bond donors (Lipinski definition) is 1. The van der Waals surface area contributed by atoms with Crippen LogP contribution in [0.5, 0.6) is 0 Å². The summed E-state index contributed by atoms with van der Waals surface area (Å²) in [7, 11) is 0. The first-order valence-electron chi connectivity index (χ1n) is 9.81. The number of rotatable bonds is 7. The van der Waals surface area contributed by atoms with Gasteiger partial charge in [0.05, 0.1) is 17.3 Å². The SMILES string of the molecule is CC(=O)NC(C)c1ccc(C(=O)CSc2nc(C3CC3)nc3ccccc23)cc1. The van der Waals surface area contributed by atoms with Crippen molar-refractivity contribution in [3.8, 4) is 0 Å². The van der Waals surface area contributed by atoms with Gasteiger partial charge in [-0.1, -0.05) is 54.2 Å². The van der Waals surface area contributed by atoms with Crippen molar-refractivity contribution in [1.29, 1.82) is 0 Å². The van der Waals surface area contributed by atoms with Crippen LogP contribution in [0, 0.1) is 0 Å². The fourth-order valence-electron chi connectivity index (χ4n) is 3.26. The van der Waals surface area contributed by atoms with Gasteiger partial charge in [-0.2, -0.15) is 0 Å². The number of para-hydroxylation sites is 1. The fraction of sp³-hybridized carbons (Fsp3) is 0.304. The summed E-state index contributed by atoms with van der Waals surface area (Å²) in [5, 5.41) is 4.72. The lowest BCUT2D eigenvalue weighted by Crippen LogP contribution is -2.23. The minimum Gasteiger partial charge on any atom is -0.350 e. The average molecular weight is 406 g/mol. The van der Waals surface area contributed by atoms with E-state index in [0.717, 1.165) is 40.2 Å². The molecule has 1 unspecified atom stereocenters. The Labute approximate surface area is 174 Å². The van der Waals surface area contributed by atoms with E-state index in [1.54, 1.807) is 0 Å². The lowest BCUT2D eigenvalue weighted by Gasteiger charge is -2.13. The van der Waals surface area contributed by atoms with Crippen molar-refractivity contribution in [3.05, 3.63) is 65.5 Å². The number of Topliss-reactive ketones (excluding diaryl/α,β-unsaturated/α-hetero) is 1. The zero-order chi connectivity index (χ0) is 20.4. The molecule has 148 valence electrons. The minimum atomic E-state index is -0.0840. The number of ketones is 1. The Morgan fingerprint density at radius 3 is 2.52 bits per heavy atom. The van der Waals surface area contributed by atoms with Gasteiger partial charge in [-0.3, -0.25) is 9.59 Å². The molecule has 3 aromatic rings. The fourth-order valence-corrected chi connectivity index (χ4v) is 4.18. The zero-order valence-corrected chi connectivity index (χ0v) is 17.3. The molecule has 1 atom stereocenters. The van der Waals surface area contributed by atoms with Gasteiger partial charge in [0.15, 0.2) is 5.78 Å². The molecule has 29 heavy (non-hydrogen) atoms. The van der Waals surface area contributed by atoms with Gasteiger partial charge in [0.25, 0.3) is 0 Å². The third-order valence-electron chi connectivity index (χ3n) is 5.02. The summed E-state index contributed by atoms with van der Waals surface area (Å²) in [4.78, 5) is 33.4. The highest BCUT2D eigenvalue weighted by Crippen LogP contribution is 2.39. The molecule has 1 N–H and O–H groups in total. The number of hydrogen-bond acceptors (Lipinski definition) is 5. The number of nitrogens with one attached hydrogen (secondary N) is 1. The van der Waals surface area contributed by atoms with Crippen LogP contribution in [0.15, 0.2) is 53.6 Å². The monoisotopic (exact) mass is 405 g/mol. The van der Waals surface area contributed by atoms with E-state index in [1.165, 1.54) is 18.7 Å². The van der Waals surface area contributed by atoms with Gasteiger partial charge in [-0.05, 0) is 31.4 Å². The van der Waals surface area contributed by atoms with Crippen molar-refractivity contribution in [2.45, 2.75) is 43.7 Å². The molecular formula is C23H23N3O2S. The first kappa shape index (κ1) is 19.6. The number of fused-ring (bicyclic) bond motifs is 1. The van der Waals surface area contributed by atoms with E-state index in [-0.39, 0.29) is 17.7 Å². The third-order valence-corrected chi connectivity index (χ3v) is 6.01. The van der Waals surface area contributed by atoms with Crippen molar-refractivity contribution in [2.24, 2.45) is 0 Å². The molecule has 1 heterocycles.